The third-order valence-electron chi connectivity index (χ3n) is 1.26. The second kappa shape index (κ2) is 5.92. The highest BCUT2D eigenvalue weighted by atomic mass is 16.6. The molecule has 0 amide bonds. The van der Waals surface area contributed by atoms with E-state index in [-0.39, 0.29) is 0 Å². The zero-order chi connectivity index (χ0) is 8.69. The summed E-state index contributed by atoms with van der Waals surface area (Å²) >= 11 is 0. The molecule has 0 aliphatic heterocycles. The summed E-state index contributed by atoms with van der Waals surface area (Å²) < 4.78 is 0. The smallest absolute Gasteiger partial charge is 0.106 e. The maximum absolute atomic E-state index is 4.63. The zero-order valence-corrected chi connectivity index (χ0v) is 7.50. The number of hydrogen-bond acceptors (Lipinski definition) is 3. The van der Waals surface area contributed by atoms with Crippen LogP contribution in [0.25, 0.3) is 0 Å². The quantitative estimate of drug-likeness (QED) is 0.440. The van der Waals surface area contributed by atoms with Crippen molar-refractivity contribution in [2.45, 2.75) is 6.42 Å². The van der Waals surface area contributed by atoms with Crippen molar-refractivity contribution in [1.82, 2.24) is 4.90 Å². The normalized spacial score (nSPS) is 11.8. The summed E-state index contributed by atoms with van der Waals surface area (Å²) in [5.74, 6) is 0. The van der Waals surface area contributed by atoms with Crippen LogP contribution in [0.2, 0.25) is 0 Å². The lowest BCUT2D eigenvalue weighted by molar-refractivity contribution is 0.212. The minimum Gasteiger partial charge on any atom is -0.399 e. The summed E-state index contributed by atoms with van der Waals surface area (Å²) in [5, 5.41) is 3.79. The first kappa shape index (κ1) is 10.2. The summed E-state index contributed by atoms with van der Waals surface area (Å²) in [6, 6.07) is 0. The molecule has 0 bridgehead atoms. The maximum atomic E-state index is 4.63. The lowest BCUT2D eigenvalue weighted by atomic mass is 10.2. The van der Waals surface area contributed by atoms with Crippen LogP contribution in [0.1, 0.15) is 6.42 Å². The van der Waals surface area contributed by atoms with Crippen LogP contribution in [0.5, 0.6) is 0 Å². The molecule has 0 aliphatic rings. The van der Waals surface area contributed by atoms with Gasteiger partial charge in [0.2, 0.25) is 0 Å². The van der Waals surface area contributed by atoms with Crippen LogP contribution in [0.4, 0.5) is 0 Å². The highest BCUT2D eigenvalue weighted by molar-refractivity contribution is 5.94. The molecule has 0 saturated carbocycles. The molecule has 0 N–H and O–H groups in total. The maximum Gasteiger partial charge on any atom is 0.106 e. The van der Waals surface area contributed by atoms with Crippen molar-refractivity contribution in [3.63, 3.8) is 0 Å². The van der Waals surface area contributed by atoms with Crippen LogP contribution >= 0.6 is 0 Å². The Labute approximate surface area is 68.3 Å². The van der Waals surface area contributed by atoms with Gasteiger partial charge in [-0.1, -0.05) is 11.7 Å². The second-order valence-electron chi connectivity index (χ2n) is 2.52. The SMILES string of the molecule is C=CC(CCN(C)C)=NOC. The first-order chi connectivity index (χ1) is 5.20. The fourth-order valence-corrected chi connectivity index (χ4v) is 0.640. The van der Waals surface area contributed by atoms with E-state index in [2.05, 4.69) is 21.5 Å². The Kier molecular flexibility index (Phi) is 5.47. The van der Waals surface area contributed by atoms with Gasteiger partial charge in [-0.3, -0.25) is 0 Å². The van der Waals surface area contributed by atoms with Crippen LogP contribution in [0.15, 0.2) is 17.8 Å². The summed E-state index contributed by atoms with van der Waals surface area (Å²) in [7, 11) is 5.58. The van der Waals surface area contributed by atoms with Gasteiger partial charge in [-0.25, -0.2) is 0 Å². The molecular formula is C8H16N2O. The predicted octanol–water partition coefficient (Wildman–Crippen LogP) is 1.13. The van der Waals surface area contributed by atoms with E-state index in [1.165, 1.54) is 0 Å². The lowest BCUT2D eigenvalue weighted by Gasteiger charge is -2.07. The van der Waals surface area contributed by atoms with Crippen LogP contribution in [0.3, 0.4) is 0 Å². The Morgan fingerprint density at radius 3 is 2.64 bits per heavy atom. The molecule has 0 saturated heterocycles. The third-order valence-corrected chi connectivity index (χ3v) is 1.26. The van der Waals surface area contributed by atoms with Crippen LogP contribution in [-0.2, 0) is 4.84 Å². The molecule has 3 heteroatoms. The largest absolute Gasteiger partial charge is 0.399 e. The monoisotopic (exact) mass is 156 g/mol. The van der Waals surface area contributed by atoms with Gasteiger partial charge in [0.05, 0.1) is 5.71 Å². The Morgan fingerprint density at radius 2 is 2.27 bits per heavy atom. The van der Waals surface area contributed by atoms with E-state index in [9.17, 15) is 0 Å². The topological polar surface area (TPSA) is 24.8 Å². The second-order valence-corrected chi connectivity index (χ2v) is 2.52. The van der Waals surface area contributed by atoms with Crippen molar-refractivity contribution in [3.8, 4) is 0 Å². The summed E-state index contributed by atoms with van der Waals surface area (Å²) in [6.07, 6.45) is 2.59. The molecule has 0 aromatic heterocycles. The predicted molar refractivity (Wildman–Crippen MR) is 47.8 cm³/mol. The fourth-order valence-electron chi connectivity index (χ4n) is 0.640. The van der Waals surface area contributed by atoms with Gasteiger partial charge in [-0.2, -0.15) is 0 Å². The van der Waals surface area contributed by atoms with Gasteiger partial charge in [0.1, 0.15) is 7.11 Å². The van der Waals surface area contributed by atoms with E-state index < -0.39 is 0 Å². The van der Waals surface area contributed by atoms with E-state index in [4.69, 9.17) is 0 Å². The third kappa shape index (κ3) is 5.61. The number of hydrogen-bond donors (Lipinski definition) is 0. The molecule has 64 valence electrons. The Balaban J connectivity index is 3.70. The number of oxime groups is 1. The van der Waals surface area contributed by atoms with Crippen LogP contribution in [-0.4, -0.2) is 38.4 Å². The van der Waals surface area contributed by atoms with E-state index >= 15 is 0 Å². The Bertz CT molecular complexity index is 141. The number of allylic oxidation sites excluding steroid dienone is 1. The molecule has 11 heavy (non-hydrogen) atoms. The van der Waals surface area contributed by atoms with Crippen molar-refractivity contribution < 1.29 is 4.84 Å². The fraction of sp³-hybridized carbons (Fsp3) is 0.625. The molecule has 0 radical (unpaired) electrons. The Hall–Kier alpha value is -0.830. The van der Waals surface area contributed by atoms with Gasteiger partial charge < -0.3 is 9.74 Å². The van der Waals surface area contributed by atoms with Gasteiger partial charge in [-0.15, -0.1) is 0 Å². The van der Waals surface area contributed by atoms with Crippen molar-refractivity contribution in [2.75, 3.05) is 27.7 Å². The van der Waals surface area contributed by atoms with Gasteiger partial charge in [0, 0.05) is 13.0 Å². The molecule has 0 unspecified atom stereocenters. The van der Waals surface area contributed by atoms with Gasteiger partial charge >= 0.3 is 0 Å². The van der Waals surface area contributed by atoms with E-state index in [1.54, 1.807) is 13.2 Å². The molecular weight excluding hydrogens is 140 g/mol. The lowest BCUT2D eigenvalue weighted by Crippen LogP contribution is -2.15. The summed E-state index contributed by atoms with van der Waals surface area (Å²) in [6.45, 7) is 4.59. The number of rotatable bonds is 5. The molecule has 3 nitrogen and oxygen atoms in total. The minimum atomic E-state index is 0.879. The first-order valence-corrected chi connectivity index (χ1v) is 3.58. The van der Waals surface area contributed by atoms with Crippen molar-refractivity contribution in [1.29, 1.82) is 0 Å². The van der Waals surface area contributed by atoms with Crippen molar-refractivity contribution in [2.24, 2.45) is 5.16 Å². The van der Waals surface area contributed by atoms with E-state index in [1.807, 2.05) is 14.1 Å². The molecule has 0 aromatic rings. The highest BCUT2D eigenvalue weighted by Gasteiger charge is 1.95. The van der Waals surface area contributed by atoms with Crippen molar-refractivity contribution >= 4 is 5.71 Å². The summed E-state index contributed by atoms with van der Waals surface area (Å²) in [4.78, 5) is 6.72. The van der Waals surface area contributed by atoms with Crippen LogP contribution in [0, 0.1) is 0 Å². The average Bonchev–Trinajstić information content (AvgIpc) is 1.97. The standard InChI is InChI=1S/C8H16N2O/c1-5-8(9-11-4)6-7-10(2)3/h5H,1,6-7H2,2-4H3. The molecule has 0 atom stereocenters. The van der Waals surface area contributed by atoms with Gasteiger partial charge in [0.15, 0.2) is 0 Å². The molecule has 0 rings (SSSR count). The highest BCUT2D eigenvalue weighted by Crippen LogP contribution is 1.90. The molecule has 0 spiro atoms. The van der Waals surface area contributed by atoms with Gasteiger partial charge in [-0.05, 0) is 20.2 Å². The van der Waals surface area contributed by atoms with Gasteiger partial charge in [0.25, 0.3) is 0 Å². The number of nitrogens with zero attached hydrogens (tertiary/aromatic N) is 2. The van der Waals surface area contributed by atoms with Crippen molar-refractivity contribution in [3.05, 3.63) is 12.7 Å². The average molecular weight is 156 g/mol. The Morgan fingerprint density at radius 1 is 1.64 bits per heavy atom. The van der Waals surface area contributed by atoms with Crippen LogP contribution < -0.4 is 0 Å². The molecule has 0 heterocycles. The molecule has 0 aliphatic carbocycles. The molecule has 0 aromatic carbocycles. The zero-order valence-electron chi connectivity index (χ0n) is 7.50. The minimum absolute atomic E-state index is 0.879. The summed E-state index contributed by atoms with van der Waals surface area (Å²) in [5.41, 5.74) is 0.890. The molecule has 0 fully saturated rings. The van der Waals surface area contributed by atoms with E-state index in [0.717, 1.165) is 18.7 Å². The first-order valence-electron chi connectivity index (χ1n) is 3.58. The van der Waals surface area contributed by atoms with E-state index in [0.29, 0.717) is 0 Å².